The highest BCUT2D eigenvalue weighted by molar-refractivity contribution is 9.10. The molecule has 28 heavy (non-hydrogen) atoms. The number of nitrogens with one attached hydrogen (secondary N) is 1. The smallest absolute Gasteiger partial charge is 0.335 e. The van der Waals surface area contributed by atoms with E-state index in [2.05, 4.69) is 25.9 Å². The van der Waals surface area contributed by atoms with Crippen LogP contribution in [0, 0.1) is 0 Å². The van der Waals surface area contributed by atoms with Crippen LogP contribution in [0.3, 0.4) is 0 Å². The first kappa shape index (κ1) is 20.4. The van der Waals surface area contributed by atoms with E-state index in [1.807, 2.05) is 24.3 Å². The van der Waals surface area contributed by atoms with E-state index in [1.165, 1.54) is 12.1 Å². The molecule has 0 unspecified atom stereocenters. The topological polar surface area (TPSA) is 87.4 Å². The molecule has 0 aliphatic rings. The fraction of sp³-hybridized carbons (Fsp3) is 0.105. The average Bonchev–Trinajstić information content (AvgIpc) is 2.63. The van der Waals surface area contributed by atoms with Crippen LogP contribution in [-0.4, -0.2) is 20.4 Å². The van der Waals surface area contributed by atoms with Crippen LogP contribution >= 0.6 is 39.1 Å². The molecular weight excluding hydrogens is 469 g/mol. The summed E-state index contributed by atoms with van der Waals surface area (Å²) in [5.74, 6) is -0.564. The molecule has 1 aromatic heterocycles. The largest absolute Gasteiger partial charge is 0.493 e. The zero-order chi connectivity index (χ0) is 20.4. The summed E-state index contributed by atoms with van der Waals surface area (Å²) in [6, 6.07) is 12.0. The second-order valence-electron chi connectivity index (χ2n) is 5.88. The monoisotopic (exact) mass is 481 g/mol. The van der Waals surface area contributed by atoms with E-state index >= 15 is 0 Å². The van der Waals surface area contributed by atoms with Crippen LogP contribution in [0.2, 0.25) is 10.0 Å². The minimum absolute atomic E-state index is 0.123. The van der Waals surface area contributed by atoms with Crippen molar-refractivity contribution in [2.45, 2.75) is 13.5 Å². The van der Waals surface area contributed by atoms with E-state index in [0.717, 1.165) is 14.6 Å². The Kier molecular flexibility index (Phi) is 6.07. The molecule has 0 aliphatic heterocycles. The van der Waals surface area contributed by atoms with Gasteiger partial charge in [0, 0.05) is 9.50 Å². The molecule has 0 spiro atoms. The van der Waals surface area contributed by atoms with Crippen molar-refractivity contribution in [1.82, 2.24) is 9.55 Å². The Labute approximate surface area is 178 Å². The van der Waals surface area contributed by atoms with E-state index in [4.69, 9.17) is 23.2 Å². The number of aromatic nitrogens is 2. The molecule has 144 valence electrons. The van der Waals surface area contributed by atoms with Crippen molar-refractivity contribution in [3.8, 4) is 11.6 Å². The SMILES string of the molecule is CC(=NCc1ccccc1Br)c1c(O)n(-c2cc(Cl)ccc2Cl)c(=O)[nH]c1=O. The van der Waals surface area contributed by atoms with Gasteiger partial charge in [-0.25, -0.2) is 9.36 Å². The normalized spacial score (nSPS) is 11.6. The summed E-state index contributed by atoms with van der Waals surface area (Å²) in [4.78, 5) is 31.2. The van der Waals surface area contributed by atoms with E-state index in [1.54, 1.807) is 13.0 Å². The van der Waals surface area contributed by atoms with Gasteiger partial charge in [0.25, 0.3) is 5.56 Å². The summed E-state index contributed by atoms with van der Waals surface area (Å²) in [6.07, 6.45) is 0. The Morgan fingerprint density at radius 1 is 1.21 bits per heavy atom. The summed E-state index contributed by atoms with van der Waals surface area (Å²) in [6.45, 7) is 1.86. The predicted molar refractivity (Wildman–Crippen MR) is 114 cm³/mol. The van der Waals surface area contributed by atoms with Gasteiger partial charge in [-0.3, -0.25) is 14.8 Å². The first-order chi connectivity index (χ1) is 13.3. The standard InChI is InChI=1S/C19H14BrCl2N3O3/c1-10(23-9-11-4-2-3-5-13(11)20)16-17(26)24-19(28)25(18(16)27)15-8-12(21)6-7-14(15)22/h2-8,27H,9H2,1H3,(H,24,26,28). The predicted octanol–water partition coefficient (Wildman–Crippen LogP) is 4.31. The molecule has 6 nitrogen and oxygen atoms in total. The second kappa shape index (κ2) is 8.34. The van der Waals surface area contributed by atoms with Crippen molar-refractivity contribution in [2.75, 3.05) is 0 Å². The van der Waals surface area contributed by atoms with Gasteiger partial charge in [-0.2, -0.15) is 0 Å². The Hall–Kier alpha value is -2.35. The van der Waals surface area contributed by atoms with Crippen LogP contribution in [0.4, 0.5) is 0 Å². The molecule has 0 saturated heterocycles. The van der Waals surface area contributed by atoms with Gasteiger partial charge in [-0.1, -0.05) is 57.3 Å². The molecular formula is C19H14BrCl2N3O3. The van der Waals surface area contributed by atoms with Gasteiger partial charge in [0.2, 0.25) is 5.88 Å². The van der Waals surface area contributed by atoms with Crippen molar-refractivity contribution >= 4 is 44.8 Å². The molecule has 0 aliphatic carbocycles. The Balaban J connectivity index is 2.13. The van der Waals surface area contributed by atoms with Gasteiger partial charge in [0.15, 0.2) is 0 Å². The highest BCUT2D eigenvalue weighted by Crippen LogP contribution is 2.27. The van der Waals surface area contributed by atoms with Gasteiger partial charge in [0.1, 0.15) is 5.56 Å². The Bertz CT molecular complexity index is 1200. The Morgan fingerprint density at radius 3 is 2.64 bits per heavy atom. The third-order valence-electron chi connectivity index (χ3n) is 4.04. The van der Waals surface area contributed by atoms with E-state index in [0.29, 0.717) is 5.02 Å². The number of hydrogen-bond acceptors (Lipinski definition) is 4. The maximum atomic E-state index is 12.3. The minimum atomic E-state index is -0.839. The molecule has 2 N–H and O–H groups in total. The number of H-pyrrole nitrogens is 1. The van der Waals surface area contributed by atoms with E-state index in [9.17, 15) is 14.7 Å². The number of aromatic hydroxyl groups is 1. The van der Waals surface area contributed by atoms with Crippen molar-refractivity contribution in [2.24, 2.45) is 4.99 Å². The molecule has 9 heteroatoms. The van der Waals surface area contributed by atoms with Gasteiger partial charge in [0.05, 0.1) is 23.0 Å². The van der Waals surface area contributed by atoms with Gasteiger partial charge in [-0.15, -0.1) is 0 Å². The fourth-order valence-electron chi connectivity index (χ4n) is 2.64. The van der Waals surface area contributed by atoms with Crippen molar-refractivity contribution in [3.05, 3.63) is 88.9 Å². The zero-order valence-corrected chi connectivity index (χ0v) is 17.6. The zero-order valence-electron chi connectivity index (χ0n) is 14.5. The molecule has 0 amide bonds. The van der Waals surface area contributed by atoms with Crippen LogP contribution < -0.4 is 11.2 Å². The molecule has 1 heterocycles. The van der Waals surface area contributed by atoms with Crippen molar-refractivity contribution in [3.63, 3.8) is 0 Å². The molecule has 0 fully saturated rings. The molecule has 3 rings (SSSR count). The molecule has 0 saturated carbocycles. The van der Waals surface area contributed by atoms with Gasteiger partial charge in [-0.05, 0) is 36.8 Å². The number of aromatic amines is 1. The van der Waals surface area contributed by atoms with E-state index in [-0.39, 0.29) is 28.5 Å². The number of rotatable bonds is 4. The van der Waals surface area contributed by atoms with Crippen LogP contribution in [-0.2, 0) is 6.54 Å². The number of hydrogen-bond donors (Lipinski definition) is 2. The fourth-order valence-corrected chi connectivity index (χ4v) is 3.42. The average molecular weight is 483 g/mol. The van der Waals surface area contributed by atoms with Crippen LogP contribution in [0.25, 0.3) is 5.69 Å². The van der Waals surface area contributed by atoms with Crippen LogP contribution in [0.15, 0.2) is 61.5 Å². The number of nitrogens with zero attached hydrogens (tertiary/aromatic N) is 2. The van der Waals surface area contributed by atoms with Crippen LogP contribution in [0.5, 0.6) is 5.88 Å². The summed E-state index contributed by atoms with van der Waals surface area (Å²) in [7, 11) is 0. The first-order valence-electron chi connectivity index (χ1n) is 8.08. The first-order valence-corrected chi connectivity index (χ1v) is 9.63. The number of halogens is 3. The number of aliphatic imine (C=N–C) groups is 1. The molecule has 2 aromatic carbocycles. The Morgan fingerprint density at radius 2 is 1.93 bits per heavy atom. The molecule has 0 radical (unpaired) electrons. The molecule has 3 aromatic rings. The van der Waals surface area contributed by atoms with Crippen molar-refractivity contribution in [1.29, 1.82) is 0 Å². The third-order valence-corrected chi connectivity index (χ3v) is 5.37. The van der Waals surface area contributed by atoms with Gasteiger partial charge < -0.3 is 5.11 Å². The van der Waals surface area contributed by atoms with Crippen LogP contribution in [0.1, 0.15) is 18.1 Å². The highest BCUT2D eigenvalue weighted by atomic mass is 79.9. The lowest BCUT2D eigenvalue weighted by molar-refractivity contribution is 0.429. The summed E-state index contributed by atoms with van der Waals surface area (Å²) in [5.41, 5.74) is -0.389. The third kappa shape index (κ3) is 4.06. The molecule has 0 bridgehead atoms. The number of benzene rings is 2. The lowest BCUT2D eigenvalue weighted by Crippen LogP contribution is -2.33. The maximum absolute atomic E-state index is 12.3. The quantitative estimate of drug-likeness (QED) is 0.543. The lowest BCUT2D eigenvalue weighted by atomic mass is 10.2. The lowest BCUT2D eigenvalue weighted by Gasteiger charge is -2.13. The maximum Gasteiger partial charge on any atom is 0.335 e. The summed E-state index contributed by atoms with van der Waals surface area (Å²) in [5, 5.41) is 11.2. The second-order valence-corrected chi connectivity index (χ2v) is 7.58. The van der Waals surface area contributed by atoms with Crippen molar-refractivity contribution < 1.29 is 5.11 Å². The van der Waals surface area contributed by atoms with Gasteiger partial charge >= 0.3 is 5.69 Å². The minimum Gasteiger partial charge on any atom is -0.493 e. The van der Waals surface area contributed by atoms with E-state index < -0.39 is 17.1 Å². The highest BCUT2D eigenvalue weighted by Gasteiger charge is 2.19. The summed E-state index contributed by atoms with van der Waals surface area (Å²) < 4.78 is 1.77. The summed E-state index contributed by atoms with van der Waals surface area (Å²) >= 11 is 15.6. The molecule has 0 atom stereocenters.